The molecule has 0 aliphatic carbocycles. The van der Waals surface area contributed by atoms with E-state index in [2.05, 4.69) is 36.2 Å². The first-order chi connectivity index (χ1) is 9.61. The fourth-order valence-electron chi connectivity index (χ4n) is 2.39. The third-order valence-corrected chi connectivity index (χ3v) is 5.36. The predicted molar refractivity (Wildman–Crippen MR) is 84.2 cm³/mol. The molecular formula is C15H25N3OS. The first-order valence-electron chi connectivity index (χ1n) is 7.39. The molecule has 1 N–H and O–H groups in total. The van der Waals surface area contributed by atoms with Crippen molar-refractivity contribution < 1.29 is 4.79 Å². The minimum absolute atomic E-state index is 0.244. The Hall–Kier alpha value is -0.910. The van der Waals surface area contributed by atoms with Crippen LogP contribution in [0.3, 0.4) is 0 Å². The summed E-state index contributed by atoms with van der Waals surface area (Å²) in [6, 6.07) is 4.69. The molecule has 1 atom stereocenters. The number of hydrogen-bond acceptors (Lipinski definition) is 4. The van der Waals surface area contributed by atoms with Gasteiger partial charge in [-0.15, -0.1) is 11.3 Å². The summed E-state index contributed by atoms with van der Waals surface area (Å²) in [5.74, 6) is 0.244. The first kappa shape index (κ1) is 15.5. The van der Waals surface area contributed by atoms with Gasteiger partial charge in [0.2, 0.25) is 5.91 Å². The highest BCUT2D eigenvalue weighted by Gasteiger charge is 2.21. The van der Waals surface area contributed by atoms with E-state index in [1.807, 2.05) is 23.3 Å². The lowest BCUT2D eigenvalue weighted by molar-refractivity contribution is -0.133. The summed E-state index contributed by atoms with van der Waals surface area (Å²) in [5.41, 5.74) is 0. The van der Waals surface area contributed by atoms with Gasteiger partial charge in [0.15, 0.2) is 0 Å². The number of piperazine rings is 1. The van der Waals surface area contributed by atoms with E-state index < -0.39 is 0 Å². The molecule has 0 spiro atoms. The van der Waals surface area contributed by atoms with Crippen molar-refractivity contribution >= 4 is 17.2 Å². The average Bonchev–Trinajstić information content (AvgIpc) is 2.96. The molecule has 0 radical (unpaired) electrons. The Balaban J connectivity index is 1.89. The molecule has 1 fully saturated rings. The van der Waals surface area contributed by atoms with Crippen molar-refractivity contribution in [2.75, 3.05) is 39.8 Å². The molecule has 20 heavy (non-hydrogen) atoms. The Morgan fingerprint density at radius 3 is 2.75 bits per heavy atom. The maximum Gasteiger partial charge on any atom is 0.236 e. The highest BCUT2D eigenvalue weighted by molar-refractivity contribution is 7.12. The fourth-order valence-corrected chi connectivity index (χ4v) is 3.46. The number of nitrogens with one attached hydrogen (secondary N) is 1. The minimum Gasteiger partial charge on any atom is -0.339 e. The predicted octanol–water partition coefficient (Wildman–Crippen LogP) is 1.74. The highest BCUT2D eigenvalue weighted by Crippen LogP contribution is 2.27. The molecule has 112 valence electrons. The van der Waals surface area contributed by atoms with Crippen molar-refractivity contribution in [3.8, 4) is 0 Å². The van der Waals surface area contributed by atoms with Crippen LogP contribution in [0.25, 0.3) is 0 Å². The van der Waals surface area contributed by atoms with Gasteiger partial charge in [-0.05, 0) is 32.5 Å². The molecule has 1 aromatic rings. The van der Waals surface area contributed by atoms with Gasteiger partial charge in [-0.25, -0.2) is 0 Å². The van der Waals surface area contributed by atoms with Crippen LogP contribution in [0.2, 0.25) is 0 Å². The van der Waals surface area contributed by atoms with E-state index in [1.165, 1.54) is 9.75 Å². The molecule has 1 amide bonds. The lowest BCUT2D eigenvalue weighted by Crippen LogP contribution is -2.49. The summed E-state index contributed by atoms with van der Waals surface area (Å²) < 4.78 is 0. The maximum absolute atomic E-state index is 12.3. The molecular weight excluding hydrogens is 270 g/mol. The SMILES string of the molecule is CCc1ccc(C(C)N(C)CC(=O)N2CCNCC2)s1. The van der Waals surface area contributed by atoms with Gasteiger partial charge in [-0.2, -0.15) is 0 Å². The fraction of sp³-hybridized carbons (Fsp3) is 0.667. The van der Waals surface area contributed by atoms with Crippen LogP contribution >= 0.6 is 11.3 Å². The second kappa shape index (κ2) is 7.20. The molecule has 1 aliphatic heterocycles. The number of likely N-dealkylation sites (N-methyl/N-ethyl adjacent to an activating group) is 1. The normalized spacial score (nSPS) is 17.5. The van der Waals surface area contributed by atoms with Crippen molar-refractivity contribution in [2.45, 2.75) is 26.3 Å². The van der Waals surface area contributed by atoms with E-state index >= 15 is 0 Å². The zero-order chi connectivity index (χ0) is 14.5. The van der Waals surface area contributed by atoms with Gasteiger partial charge in [0.05, 0.1) is 6.54 Å². The van der Waals surface area contributed by atoms with Gasteiger partial charge in [0.25, 0.3) is 0 Å². The van der Waals surface area contributed by atoms with Crippen LogP contribution < -0.4 is 5.32 Å². The quantitative estimate of drug-likeness (QED) is 0.899. The Labute approximate surface area is 125 Å². The van der Waals surface area contributed by atoms with Crippen molar-refractivity contribution in [1.82, 2.24) is 15.1 Å². The zero-order valence-corrected chi connectivity index (χ0v) is 13.5. The first-order valence-corrected chi connectivity index (χ1v) is 8.20. The summed E-state index contributed by atoms with van der Waals surface area (Å²) in [5, 5.41) is 3.27. The molecule has 2 heterocycles. The Bertz CT molecular complexity index is 440. The van der Waals surface area contributed by atoms with Crippen molar-refractivity contribution in [2.24, 2.45) is 0 Å². The summed E-state index contributed by atoms with van der Waals surface area (Å²) in [6.45, 7) is 8.35. The Morgan fingerprint density at radius 1 is 1.45 bits per heavy atom. The minimum atomic E-state index is 0.244. The number of aryl methyl sites for hydroxylation is 1. The van der Waals surface area contributed by atoms with E-state index in [0.717, 1.165) is 32.6 Å². The van der Waals surface area contributed by atoms with Gasteiger partial charge >= 0.3 is 0 Å². The molecule has 0 bridgehead atoms. The summed E-state index contributed by atoms with van der Waals surface area (Å²) >= 11 is 1.86. The van der Waals surface area contributed by atoms with E-state index in [1.54, 1.807) is 0 Å². The third kappa shape index (κ3) is 3.81. The van der Waals surface area contributed by atoms with Gasteiger partial charge in [-0.3, -0.25) is 9.69 Å². The molecule has 0 saturated carbocycles. The summed E-state index contributed by atoms with van der Waals surface area (Å²) in [6.07, 6.45) is 1.08. The van der Waals surface area contributed by atoms with Gasteiger partial charge in [0, 0.05) is 42.0 Å². The standard InChI is InChI=1S/C15H25N3OS/c1-4-13-5-6-14(20-13)12(2)17(3)11-15(19)18-9-7-16-8-10-18/h5-6,12,16H,4,7-11H2,1-3H3. The lowest BCUT2D eigenvalue weighted by Gasteiger charge is -2.30. The van der Waals surface area contributed by atoms with Crippen LogP contribution in [0.15, 0.2) is 12.1 Å². The van der Waals surface area contributed by atoms with Gasteiger partial charge in [-0.1, -0.05) is 6.92 Å². The van der Waals surface area contributed by atoms with E-state index in [-0.39, 0.29) is 5.91 Å². The van der Waals surface area contributed by atoms with Gasteiger partial charge < -0.3 is 10.2 Å². The molecule has 1 aliphatic rings. The molecule has 1 aromatic heterocycles. The number of carbonyl (C=O) groups excluding carboxylic acids is 1. The number of nitrogens with zero attached hydrogens (tertiary/aromatic N) is 2. The Kier molecular flexibility index (Phi) is 5.57. The number of amides is 1. The van der Waals surface area contributed by atoms with Crippen LogP contribution in [-0.2, 0) is 11.2 Å². The largest absolute Gasteiger partial charge is 0.339 e. The summed E-state index contributed by atoms with van der Waals surface area (Å²) in [7, 11) is 2.04. The lowest BCUT2D eigenvalue weighted by atomic mass is 10.2. The maximum atomic E-state index is 12.3. The average molecular weight is 295 g/mol. The van der Waals surface area contributed by atoms with Crippen LogP contribution in [0, 0.1) is 0 Å². The number of hydrogen-bond donors (Lipinski definition) is 1. The third-order valence-electron chi connectivity index (χ3n) is 3.96. The van der Waals surface area contributed by atoms with Crippen molar-refractivity contribution in [1.29, 1.82) is 0 Å². The summed E-state index contributed by atoms with van der Waals surface area (Å²) in [4.78, 5) is 19.1. The van der Waals surface area contributed by atoms with E-state index in [0.29, 0.717) is 12.6 Å². The topological polar surface area (TPSA) is 35.6 Å². The van der Waals surface area contributed by atoms with E-state index in [4.69, 9.17) is 0 Å². The number of carbonyl (C=O) groups is 1. The van der Waals surface area contributed by atoms with Crippen LogP contribution in [0.1, 0.15) is 29.6 Å². The van der Waals surface area contributed by atoms with Gasteiger partial charge in [0.1, 0.15) is 0 Å². The molecule has 1 unspecified atom stereocenters. The van der Waals surface area contributed by atoms with Crippen LogP contribution in [0.4, 0.5) is 0 Å². The number of thiophene rings is 1. The molecule has 4 nitrogen and oxygen atoms in total. The van der Waals surface area contributed by atoms with E-state index in [9.17, 15) is 4.79 Å². The monoisotopic (exact) mass is 295 g/mol. The van der Waals surface area contributed by atoms with Crippen LogP contribution in [-0.4, -0.2) is 55.5 Å². The highest BCUT2D eigenvalue weighted by atomic mass is 32.1. The number of rotatable bonds is 5. The second-order valence-corrected chi connectivity index (χ2v) is 6.58. The second-order valence-electron chi connectivity index (χ2n) is 5.38. The van der Waals surface area contributed by atoms with Crippen molar-refractivity contribution in [3.63, 3.8) is 0 Å². The van der Waals surface area contributed by atoms with Crippen LogP contribution in [0.5, 0.6) is 0 Å². The van der Waals surface area contributed by atoms with Crippen molar-refractivity contribution in [3.05, 3.63) is 21.9 Å². The zero-order valence-electron chi connectivity index (χ0n) is 12.7. The Morgan fingerprint density at radius 2 is 2.15 bits per heavy atom. The molecule has 1 saturated heterocycles. The smallest absolute Gasteiger partial charge is 0.236 e. The molecule has 5 heteroatoms. The molecule has 2 rings (SSSR count). The molecule has 0 aromatic carbocycles.